The largest absolute Gasteiger partial charge is 0.510 e. The van der Waals surface area contributed by atoms with Crippen LogP contribution in [0.25, 0.3) is 72.3 Å². The van der Waals surface area contributed by atoms with Gasteiger partial charge in [0.15, 0.2) is 0 Å². The second kappa shape index (κ2) is 14.9. The van der Waals surface area contributed by atoms with E-state index in [9.17, 15) is 1.37 Å². The molecule has 5 nitrogen and oxygen atoms in total. The number of nitrogens with zero attached hydrogens (tertiary/aromatic N) is 4. The number of aromatic nitrogens is 4. The first-order valence-electron chi connectivity index (χ1n) is 21.0. The smallest absolute Gasteiger partial charge is 0.268 e. The molecule has 272 valence electrons. The quantitative estimate of drug-likeness (QED) is 0.112. The number of aryl methyl sites for hydroxylation is 1. The van der Waals surface area contributed by atoms with Crippen molar-refractivity contribution in [3.05, 3.63) is 200 Å². The summed E-state index contributed by atoms with van der Waals surface area (Å²) >= 11 is 0. The van der Waals surface area contributed by atoms with Gasteiger partial charge in [0.1, 0.15) is 5.82 Å². The van der Waals surface area contributed by atoms with Crippen molar-refractivity contribution in [3.63, 3.8) is 0 Å². The molecule has 0 saturated carbocycles. The van der Waals surface area contributed by atoms with Gasteiger partial charge in [-0.25, -0.2) is 4.98 Å². The van der Waals surface area contributed by atoms with Crippen LogP contribution in [0.1, 0.15) is 20.7 Å². The van der Waals surface area contributed by atoms with E-state index in [1.54, 1.807) is 16.8 Å². The summed E-state index contributed by atoms with van der Waals surface area (Å²) in [6.07, 6.45) is 5.99. The molecule has 0 spiro atoms. The summed E-state index contributed by atoms with van der Waals surface area (Å²) in [6.45, 7) is 2.01. The molecule has 0 radical (unpaired) electrons. The van der Waals surface area contributed by atoms with Gasteiger partial charge in [0.05, 0.1) is 22.2 Å². The number of rotatable bonds is 8. The molecule has 0 unspecified atom stereocenters. The topological polar surface area (TPSA) is 35.9 Å². The van der Waals surface area contributed by atoms with Crippen molar-refractivity contribution < 1.29 is 38.6 Å². The molecule has 3 aromatic heterocycles. The van der Waals surface area contributed by atoms with Crippen LogP contribution in [-0.4, -0.2) is 14.1 Å². The third kappa shape index (κ3) is 6.20. The van der Waals surface area contributed by atoms with Crippen molar-refractivity contribution in [2.24, 2.45) is 0 Å². The Morgan fingerprint density at radius 3 is 2.16 bits per heavy atom. The van der Waals surface area contributed by atoms with E-state index >= 15 is 0 Å². The van der Waals surface area contributed by atoms with Gasteiger partial charge >= 0.3 is 0 Å². The normalized spacial score (nSPS) is 12.7. The van der Waals surface area contributed by atoms with Crippen LogP contribution in [0.5, 0.6) is 11.5 Å². The van der Waals surface area contributed by atoms with Gasteiger partial charge in [0.2, 0.25) is 0 Å². The maximum atomic E-state index is 9.24. The first kappa shape index (κ1) is 28.8. The number of ether oxygens (including phenoxy) is 1. The Labute approximate surface area is 348 Å². The minimum absolute atomic E-state index is 0. The van der Waals surface area contributed by atoms with E-state index in [1.165, 1.54) is 0 Å². The zero-order valence-electron chi connectivity index (χ0n) is 36.0. The number of fused-ring (bicyclic) bond motifs is 4. The van der Waals surface area contributed by atoms with E-state index in [0.717, 1.165) is 44.5 Å². The van der Waals surface area contributed by atoms with E-state index in [-0.39, 0.29) is 78.5 Å². The van der Waals surface area contributed by atoms with Gasteiger partial charge in [-0.1, -0.05) is 134 Å². The van der Waals surface area contributed by atoms with Crippen molar-refractivity contribution in [2.75, 3.05) is 0 Å². The van der Waals surface area contributed by atoms with Crippen LogP contribution in [0.4, 0.5) is 0 Å². The first-order valence-corrected chi connectivity index (χ1v) is 18.0. The SMILES string of the molecule is [2H]c1c(Oc2[c-]c(-n3[c-][n+](-c4c(-c5ccccc5)cccc4-c4ccccc4)c4ccccc43)ccc2)[c-]c2c(c1[2H])c1c([2H])c([2H])c([2H])c([2H])c1n2-c1cc(CC)ccn1.[Pt]. The summed E-state index contributed by atoms with van der Waals surface area (Å²) in [5, 5.41) is 0.275. The molecule has 0 aliphatic carbocycles. The van der Waals surface area contributed by atoms with Crippen LogP contribution in [0.15, 0.2) is 176 Å². The van der Waals surface area contributed by atoms with Crippen LogP contribution < -0.4 is 9.30 Å². The average molecular weight is 908 g/mol. The molecule has 0 bridgehead atoms. The second-order valence-electron chi connectivity index (χ2n) is 13.1. The number of pyridine rings is 1. The van der Waals surface area contributed by atoms with Crippen LogP contribution in [0.2, 0.25) is 0 Å². The van der Waals surface area contributed by atoms with Gasteiger partial charge in [0, 0.05) is 45.6 Å². The zero-order valence-corrected chi connectivity index (χ0v) is 32.3. The molecule has 0 aliphatic rings. The summed E-state index contributed by atoms with van der Waals surface area (Å²) in [5.74, 6) is 0.578. The molecule has 3 heterocycles. The average Bonchev–Trinajstić information content (AvgIpc) is 3.86. The van der Waals surface area contributed by atoms with E-state index in [1.807, 2.05) is 90.4 Å². The standard InChI is InChI=1S/C50H34N4O.Pt/c1-2-35-29-30-51-49(31-35)54-45-24-10-9-21-43(45)44-28-27-40(33-48(44)54)55-39-20-13-19-38(32-39)52-34-53(47-26-12-11-25-46(47)52)50-41(36-15-5-3-6-16-36)22-14-23-42(50)37-17-7-4-8-18-37;/h3-31H,2H2,1H3;/q-2;/i9D,10D,21D,24D,27D,28D;. The fourth-order valence-electron chi connectivity index (χ4n) is 7.20. The molecule has 0 fully saturated rings. The molecule has 0 aliphatic heterocycles. The third-order valence-corrected chi connectivity index (χ3v) is 9.78. The van der Waals surface area contributed by atoms with Crippen LogP contribution >= 0.6 is 0 Å². The van der Waals surface area contributed by atoms with Gasteiger partial charge in [-0.15, -0.1) is 29.6 Å². The summed E-state index contributed by atoms with van der Waals surface area (Å²) < 4.78 is 65.1. The van der Waals surface area contributed by atoms with E-state index in [2.05, 4.69) is 76.5 Å². The molecule has 7 aromatic carbocycles. The number of para-hydroxylation sites is 4. The fourth-order valence-corrected chi connectivity index (χ4v) is 7.20. The molecule has 6 heteroatoms. The molecule has 0 amide bonds. The Hall–Kier alpha value is -6.55. The van der Waals surface area contributed by atoms with Crippen molar-refractivity contribution >= 4 is 32.8 Å². The monoisotopic (exact) mass is 907 g/mol. The summed E-state index contributed by atoms with van der Waals surface area (Å²) in [6, 6.07) is 48.7. The molecule has 0 saturated heterocycles. The van der Waals surface area contributed by atoms with Gasteiger partial charge < -0.3 is 13.9 Å². The van der Waals surface area contributed by atoms with Crippen LogP contribution in [0.3, 0.4) is 0 Å². The molecule has 0 N–H and O–H groups in total. The molecule has 10 aromatic rings. The Morgan fingerprint density at radius 1 is 0.679 bits per heavy atom. The molecule has 0 atom stereocenters. The summed E-state index contributed by atoms with van der Waals surface area (Å²) in [4.78, 5) is 4.58. The van der Waals surface area contributed by atoms with Gasteiger partial charge in [-0.2, -0.15) is 18.2 Å². The molecular formula is C50H34N4OPt-2. The minimum Gasteiger partial charge on any atom is -0.510 e. The summed E-state index contributed by atoms with van der Waals surface area (Å²) in [5.41, 5.74) is 8.90. The van der Waals surface area contributed by atoms with Crippen molar-refractivity contribution in [1.29, 1.82) is 0 Å². The van der Waals surface area contributed by atoms with Crippen LogP contribution in [0, 0.1) is 18.5 Å². The first-order chi connectivity index (χ1) is 29.7. The van der Waals surface area contributed by atoms with Gasteiger partial charge in [0.25, 0.3) is 6.33 Å². The summed E-state index contributed by atoms with van der Waals surface area (Å²) in [7, 11) is 0. The predicted octanol–water partition coefficient (Wildman–Crippen LogP) is 11.5. The molecule has 10 rings (SSSR count). The molecule has 56 heavy (non-hydrogen) atoms. The van der Waals surface area contributed by atoms with Crippen LogP contribution in [-0.2, 0) is 27.5 Å². The minimum atomic E-state index is -0.431. The maximum absolute atomic E-state index is 9.24. The van der Waals surface area contributed by atoms with Gasteiger partial charge in [-0.05, 0) is 64.9 Å². The third-order valence-electron chi connectivity index (χ3n) is 9.78. The number of imidazole rings is 1. The van der Waals surface area contributed by atoms with E-state index in [4.69, 9.17) is 11.6 Å². The van der Waals surface area contributed by atoms with Crippen molar-refractivity contribution in [1.82, 2.24) is 14.1 Å². The Morgan fingerprint density at radius 2 is 1.39 bits per heavy atom. The Balaban J connectivity index is 0.00000490. The number of hydrogen-bond acceptors (Lipinski definition) is 2. The zero-order chi connectivity index (χ0) is 41.9. The fraction of sp³-hybridized carbons (Fsp3) is 0.0400. The van der Waals surface area contributed by atoms with E-state index in [0.29, 0.717) is 17.9 Å². The second-order valence-corrected chi connectivity index (χ2v) is 13.1. The Kier molecular flexibility index (Phi) is 7.69. The number of benzene rings is 7. The number of hydrogen-bond donors (Lipinski definition) is 0. The van der Waals surface area contributed by atoms with Crippen molar-refractivity contribution in [2.45, 2.75) is 13.3 Å². The molecular weight excluding hydrogens is 868 g/mol. The van der Waals surface area contributed by atoms with E-state index < -0.39 is 12.1 Å². The van der Waals surface area contributed by atoms with Gasteiger partial charge in [-0.3, -0.25) is 4.57 Å². The van der Waals surface area contributed by atoms with Crippen molar-refractivity contribution in [3.8, 4) is 50.9 Å². The predicted molar refractivity (Wildman–Crippen MR) is 220 cm³/mol. The maximum Gasteiger partial charge on any atom is 0.268 e. The Bertz CT molecular complexity index is 3300.